The molecule has 0 aromatic rings. The van der Waals surface area contributed by atoms with Crippen LogP contribution < -0.4 is 0 Å². The minimum absolute atomic E-state index is 0.160. The number of halogens is 2. The van der Waals surface area contributed by atoms with Gasteiger partial charge in [0.05, 0.1) is 12.8 Å². The van der Waals surface area contributed by atoms with Gasteiger partial charge in [0.25, 0.3) is 0 Å². The lowest BCUT2D eigenvalue weighted by Gasteiger charge is -2.03. The van der Waals surface area contributed by atoms with Gasteiger partial charge in [-0.3, -0.25) is 4.79 Å². The Balaban J connectivity index is 2.56. The van der Waals surface area contributed by atoms with Crippen LogP contribution in [0.4, 0.5) is 8.78 Å². The molecule has 1 saturated heterocycles. The van der Waals surface area contributed by atoms with Crippen molar-refractivity contribution in [2.45, 2.75) is 19.0 Å². The molecule has 0 unspecified atom stereocenters. The molecule has 0 N–H and O–H groups in total. The van der Waals surface area contributed by atoms with Crippen LogP contribution in [-0.4, -0.2) is 12.1 Å². The normalized spacial score (nSPS) is 25.5. The molecule has 0 spiro atoms. The fraction of sp³-hybridized carbons (Fsp3) is 0.750. The van der Waals surface area contributed by atoms with Crippen molar-refractivity contribution in [2.24, 2.45) is 0 Å². The molecule has 1 aliphatic rings. The summed E-state index contributed by atoms with van der Waals surface area (Å²) in [7, 11) is 0. The Morgan fingerprint density at radius 3 is 2.38 bits per heavy atom. The summed E-state index contributed by atoms with van der Waals surface area (Å²) in [5.41, 5.74) is 0. The molecule has 1 fully saturated rings. The number of rotatable bonds is 0. The largest absolute Gasteiger partial charge is 0.401 e. The molecular weight excluding hydrogens is 118 g/mol. The van der Waals surface area contributed by atoms with Gasteiger partial charge in [-0.05, 0) is 0 Å². The molecule has 0 aromatic carbocycles. The second-order valence-electron chi connectivity index (χ2n) is 1.61. The topological polar surface area (TPSA) is 26.3 Å². The molecule has 2 nitrogen and oxygen atoms in total. The molecule has 0 aliphatic carbocycles. The van der Waals surface area contributed by atoms with Crippen LogP contribution in [-0.2, 0) is 9.53 Å². The first-order chi connectivity index (χ1) is 3.60. The summed E-state index contributed by atoms with van der Waals surface area (Å²) in [6.45, 7) is 0. The zero-order valence-electron chi connectivity index (χ0n) is 3.99. The van der Waals surface area contributed by atoms with Gasteiger partial charge in [-0.25, -0.2) is 0 Å². The van der Waals surface area contributed by atoms with Crippen molar-refractivity contribution < 1.29 is 18.3 Å². The fourth-order valence-electron chi connectivity index (χ4n) is 0.516. The average molecular weight is 122 g/mol. The maximum Gasteiger partial charge on any atom is 0.400 e. The van der Waals surface area contributed by atoms with Gasteiger partial charge in [0.2, 0.25) is 0 Å². The highest BCUT2D eigenvalue weighted by molar-refractivity contribution is 5.71. The molecule has 0 bridgehead atoms. The fourth-order valence-corrected chi connectivity index (χ4v) is 0.516. The number of alkyl halides is 2. The molecule has 0 atom stereocenters. The summed E-state index contributed by atoms with van der Waals surface area (Å²) >= 11 is 0. The second-order valence-corrected chi connectivity index (χ2v) is 1.61. The number of carbonyl (C=O) groups excluding carboxylic acids is 1. The van der Waals surface area contributed by atoms with E-state index >= 15 is 0 Å². The van der Waals surface area contributed by atoms with Crippen molar-refractivity contribution in [1.29, 1.82) is 0 Å². The van der Waals surface area contributed by atoms with Crippen molar-refractivity contribution in [3.63, 3.8) is 0 Å². The van der Waals surface area contributed by atoms with Crippen LogP contribution in [0.3, 0.4) is 0 Å². The van der Waals surface area contributed by atoms with Gasteiger partial charge in [0.1, 0.15) is 0 Å². The molecule has 1 rings (SSSR count). The summed E-state index contributed by atoms with van der Waals surface area (Å²) in [5.74, 6) is -0.810. The van der Waals surface area contributed by atoms with Crippen molar-refractivity contribution in [1.82, 2.24) is 0 Å². The van der Waals surface area contributed by atoms with Crippen molar-refractivity contribution >= 4 is 5.97 Å². The first kappa shape index (κ1) is 5.47. The summed E-state index contributed by atoms with van der Waals surface area (Å²) in [6, 6.07) is 0. The lowest BCUT2D eigenvalue weighted by molar-refractivity contribution is -0.209. The lowest BCUT2D eigenvalue weighted by atomic mass is 10.3. The van der Waals surface area contributed by atoms with E-state index in [-0.39, 0.29) is 6.42 Å². The molecule has 1 aliphatic heterocycles. The van der Waals surface area contributed by atoms with Crippen LogP contribution in [0.15, 0.2) is 0 Å². The van der Waals surface area contributed by atoms with Crippen LogP contribution in [0.1, 0.15) is 12.8 Å². The maximum atomic E-state index is 11.8. The van der Waals surface area contributed by atoms with Crippen LogP contribution in [0, 0.1) is 0 Å². The predicted molar refractivity (Wildman–Crippen MR) is 20.3 cm³/mol. The molecule has 0 amide bonds. The van der Waals surface area contributed by atoms with Crippen LogP contribution in [0.2, 0.25) is 0 Å². The van der Waals surface area contributed by atoms with Gasteiger partial charge >= 0.3 is 12.1 Å². The maximum absolute atomic E-state index is 11.8. The summed E-state index contributed by atoms with van der Waals surface area (Å²) in [6.07, 6.45) is -3.81. The molecular formula is C4H4F2O2. The van der Waals surface area contributed by atoms with E-state index in [0.29, 0.717) is 0 Å². The van der Waals surface area contributed by atoms with E-state index in [1.54, 1.807) is 0 Å². The molecule has 0 radical (unpaired) electrons. The third-order valence-corrected chi connectivity index (χ3v) is 0.883. The number of carbonyl (C=O) groups is 1. The number of ether oxygens (including phenoxy) is 1. The average Bonchev–Trinajstić information content (AvgIpc) is 1.82. The van der Waals surface area contributed by atoms with Gasteiger partial charge < -0.3 is 4.74 Å². The van der Waals surface area contributed by atoms with E-state index in [4.69, 9.17) is 0 Å². The number of hydrogen-bond donors (Lipinski definition) is 0. The van der Waals surface area contributed by atoms with Gasteiger partial charge in [-0.1, -0.05) is 0 Å². The van der Waals surface area contributed by atoms with E-state index in [2.05, 4.69) is 4.74 Å². The van der Waals surface area contributed by atoms with Crippen molar-refractivity contribution in [2.75, 3.05) is 0 Å². The summed E-state index contributed by atoms with van der Waals surface area (Å²) < 4.78 is 27.1. The highest BCUT2D eigenvalue weighted by Gasteiger charge is 2.40. The Bertz CT molecular complexity index is 121. The molecule has 4 heteroatoms. The molecule has 0 aromatic heterocycles. The number of cyclic esters (lactones) is 1. The molecule has 1 heterocycles. The Hall–Kier alpha value is -0.670. The molecule has 46 valence electrons. The van der Waals surface area contributed by atoms with Gasteiger partial charge in [-0.15, -0.1) is 0 Å². The minimum Gasteiger partial charge on any atom is -0.401 e. The van der Waals surface area contributed by atoms with Crippen molar-refractivity contribution in [3.8, 4) is 0 Å². The van der Waals surface area contributed by atoms with E-state index in [9.17, 15) is 13.6 Å². The molecule has 0 saturated carbocycles. The summed E-state index contributed by atoms with van der Waals surface area (Å²) in [5, 5.41) is 0. The quantitative estimate of drug-likeness (QED) is 0.446. The van der Waals surface area contributed by atoms with E-state index in [1.165, 1.54) is 0 Å². The standard InChI is InChI=1S/C4H4F2O2/c5-4(6)2-1-3(7)8-4/h1-2H2. The zero-order chi connectivity index (χ0) is 6.20. The highest BCUT2D eigenvalue weighted by Crippen LogP contribution is 2.28. The molecule has 8 heavy (non-hydrogen) atoms. The van der Waals surface area contributed by atoms with Gasteiger partial charge in [-0.2, -0.15) is 8.78 Å². The minimum atomic E-state index is -3.18. The zero-order valence-corrected chi connectivity index (χ0v) is 3.99. The Morgan fingerprint density at radius 1 is 1.62 bits per heavy atom. The predicted octanol–water partition coefficient (Wildman–Crippen LogP) is 0.916. The number of esters is 1. The van der Waals surface area contributed by atoms with Crippen molar-refractivity contribution in [3.05, 3.63) is 0 Å². The summed E-state index contributed by atoms with van der Waals surface area (Å²) in [4.78, 5) is 9.96. The highest BCUT2D eigenvalue weighted by atomic mass is 19.3. The lowest BCUT2D eigenvalue weighted by Crippen LogP contribution is -2.13. The third kappa shape index (κ3) is 0.936. The van der Waals surface area contributed by atoms with E-state index in [0.717, 1.165) is 0 Å². The van der Waals surface area contributed by atoms with E-state index < -0.39 is 18.5 Å². The smallest absolute Gasteiger partial charge is 0.400 e. The second kappa shape index (κ2) is 1.40. The van der Waals surface area contributed by atoms with Gasteiger partial charge in [0, 0.05) is 0 Å². The third-order valence-electron chi connectivity index (χ3n) is 0.883. The van der Waals surface area contributed by atoms with E-state index in [1.807, 2.05) is 0 Å². The van der Waals surface area contributed by atoms with Crippen LogP contribution in [0.5, 0.6) is 0 Å². The number of hydrogen-bond acceptors (Lipinski definition) is 2. The van der Waals surface area contributed by atoms with Crippen LogP contribution in [0.25, 0.3) is 0 Å². The first-order valence-electron chi connectivity index (χ1n) is 2.20. The Labute approximate surface area is 44.4 Å². The first-order valence-corrected chi connectivity index (χ1v) is 2.20. The Morgan fingerprint density at radius 2 is 2.25 bits per heavy atom. The SMILES string of the molecule is O=C1CCC(F)(F)O1. The Kier molecular flexibility index (Phi) is 0.957. The monoisotopic (exact) mass is 122 g/mol. The van der Waals surface area contributed by atoms with Crippen LogP contribution >= 0.6 is 0 Å². The van der Waals surface area contributed by atoms with Gasteiger partial charge in [0.15, 0.2) is 0 Å².